The topological polar surface area (TPSA) is 58.4 Å². The Morgan fingerprint density at radius 3 is 2.79 bits per heavy atom. The Morgan fingerprint density at radius 2 is 2.21 bits per heavy atom. The van der Waals surface area contributed by atoms with E-state index in [-0.39, 0.29) is 17.4 Å². The highest BCUT2D eigenvalue weighted by molar-refractivity contribution is 7.80. The monoisotopic (exact) mass is 287 g/mol. The van der Waals surface area contributed by atoms with Gasteiger partial charge in [0.2, 0.25) is 5.91 Å². The molecule has 0 fully saturated rings. The first kappa shape index (κ1) is 15.5. The maximum absolute atomic E-state index is 12.1. The minimum absolute atomic E-state index is 0.109. The highest BCUT2D eigenvalue weighted by atomic mass is 32.1. The van der Waals surface area contributed by atoms with Gasteiger partial charge in [0, 0.05) is 11.3 Å². The van der Waals surface area contributed by atoms with Gasteiger partial charge in [0.05, 0.1) is 13.1 Å². The number of thiocarbonyl (C=S) groups is 1. The Balaban J connectivity index is 2.57. The molecule has 1 rings (SSSR count). The first-order valence-corrected chi connectivity index (χ1v) is 5.95. The summed E-state index contributed by atoms with van der Waals surface area (Å²) in [6, 6.07) is 6.73. The van der Waals surface area contributed by atoms with Gasteiger partial charge in [-0.25, -0.2) is 8.78 Å². The summed E-state index contributed by atoms with van der Waals surface area (Å²) >= 11 is 4.83. The molecule has 0 radical (unpaired) electrons. The number of halogens is 2. The molecule has 0 aliphatic heterocycles. The van der Waals surface area contributed by atoms with Crippen LogP contribution in [0.1, 0.15) is 5.56 Å². The number of likely N-dealkylation sites (N-methyl/N-ethyl adjacent to an activating group) is 1. The third-order valence-corrected chi connectivity index (χ3v) is 2.53. The van der Waals surface area contributed by atoms with Gasteiger partial charge in [0.15, 0.2) is 0 Å². The normalized spacial score (nSPS) is 10.8. The van der Waals surface area contributed by atoms with Crippen molar-refractivity contribution in [3.63, 3.8) is 0 Å². The molecule has 0 aliphatic carbocycles. The van der Waals surface area contributed by atoms with Crippen molar-refractivity contribution in [2.45, 2.75) is 6.43 Å². The number of alkyl halides is 2. The van der Waals surface area contributed by atoms with Crippen molar-refractivity contribution in [1.82, 2.24) is 4.90 Å². The molecule has 3 N–H and O–H groups in total. The Bertz CT molecular complexity index is 468. The SMILES string of the molecule is CN(CC(=O)Nc1cccc(C(N)=S)c1)CC(F)F. The lowest BCUT2D eigenvalue weighted by molar-refractivity contribution is -0.117. The number of carbonyl (C=O) groups excluding carboxylic acids is 1. The van der Waals surface area contributed by atoms with Crippen LogP contribution < -0.4 is 11.1 Å². The van der Waals surface area contributed by atoms with E-state index in [1.54, 1.807) is 24.3 Å². The minimum atomic E-state index is -2.46. The first-order valence-electron chi connectivity index (χ1n) is 5.55. The van der Waals surface area contributed by atoms with Crippen LogP contribution in [0, 0.1) is 0 Å². The number of anilines is 1. The van der Waals surface area contributed by atoms with Gasteiger partial charge in [0.25, 0.3) is 6.43 Å². The fourth-order valence-corrected chi connectivity index (χ4v) is 1.62. The highest BCUT2D eigenvalue weighted by Gasteiger charge is 2.11. The first-order chi connectivity index (χ1) is 8.88. The molecule has 0 unspecified atom stereocenters. The third kappa shape index (κ3) is 5.71. The average molecular weight is 287 g/mol. The van der Waals surface area contributed by atoms with Gasteiger partial charge >= 0.3 is 0 Å². The van der Waals surface area contributed by atoms with E-state index in [4.69, 9.17) is 18.0 Å². The molecule has 1 amide bonds. The second-order valence-electron chi connectivity index (χ2n) is 4.08. The molecule has 19 heavy (non-hydrogen) atoms. The predicted molar refractivity (Wildman–Crippen MR) is 74.5 cm³/mol. The maximum Gasteiger partial charge on any atom is 0.251 e. The summed E-state index contributed by atoms with van der Waals surface area (Å²) in [5.41, 5.74) is 6.64. The summed E-state index contributed by atoms with van der Waals surface area (Å²) in [4.78, 5) is 13.1. The van der Waals surface area contributed by atoms with E-state index in [9.17, 15) is 13.6 Å². The van der Waals surface area contributed by atoms with E-state index in [1.807, 2.05) is 0 Å². The van der Waals surface area contributed by atoms with Crippen LogP contribution in [-0.4, -0.2) is 42.4 Å². The number of nitrogens with two attached hydrogens (primary N) is 1. The van der Waals surface area contributed by atoms with E-state index in [0.29, 0.717) is 11.3 Å². The average Bonchev–Trinajstić information content (AvgIpc) is 2.27. The number of carbonyl (C=O) groups is 1. The number of nitrogens with zero attached hydrogens (tertiary/aromatic N) is 1. The summed E-state index contributed by atoms with van der Waals surface area (Å²) < 4.78 is 24.2. The Labute approximate surface area is 115 Å². The van der Waals surface area contributed by atoms with Crippen LogP contribution >= 0.6 is 12.2 Å². The molecule has 0 saturated heterocycles. The summed E-state index contributed by atoms with van der Waals surface area (Å²) in [6.45, 7) is -0.554. The standard InChI is InChI=1S/C12H15F2N3OS/c1-17(6-10(13)14)7-11(18)16-9-4-2-3-8(5-9)12(15)19/h2-5,10H,6-7H2,1H3,(H2,15,19)(H,16,18). The van der Waals surface area contributed by atoms with Gasteiger partial charge in [-0.2, -0.15) is 0 Å². The van der Waals surface area contributed by atoms with Crippen molar-refractivity contribution in [3.05, 3.63) is 29.8 Å². The van der Waals surface area contributed by atoms with Crippen LogP contribution in [0.15, 0.2) is 24.3 Å². The van der Waals surface area contributed by atoms with Crippen molar-refractivity contribution in [1.29, 1.82) is 0 Å². The molecule has 0 aromatic heterocycles. The number of benzene rings is 1. The Hall–Kier alpha value is -1.60. The molecular weight excluding hydrogens is 272 g/mol. The number of hydrogen-bond acceptors (Lipinski definition) is 3. The van der Waals surface area contributed by atoms with E-state index >= 15 is 0 Å². The lowest BCUT2D eigenvalue weighted by Crippen LogP contribution is -2.33. The Morgan fingerprint density at radius 1 is 1.53 bits per heavy atom. The summed E-state index contributed by atoms with van der Waals surface area (Å²) in [5.74, 6) is -0.372. The molecule has 4 nitrogen and oxygen atoms in total. The van der Waals surface area contributed by atoms with Crippen molar-refractivity contribution >= 4 is 28.8 Å². The van der Waals surface area contributed by atoms with Crippen LogP contribution in [-0.2, 0) is 4.79 Å². The lowest BCUT2D eigenvalue weighted by Gasteiger charge is -2.15. The minimum Gasteiger partial charge on any atom is -0.389 e. The second kappa shape index (κ2) is 7.10. The van der Waals surface area contributed by atoms with Crippen LogP contribution in [0.25, 0.3) is 0 Å². The summed E-state index contributed by atoms with van der Waals surface area (Å²) in [6.07, 6.45) is -2.46. The van der Waals surface area contributed by atoms with Crippen LogP contribution in [0.2, 0.25) is 0 Å². The fraction of sp³-hybridized carbons (Fsp3) is 0.333. The summed E-state index contributed by atoms with van der Waals surface area (Å²) in [5, 5.41) is 2.60. The third-order valence-electron chi connectivity index (χ3n) is 2.29. The van der Waals surface area contributed by atoms with Gasteiger partial charge in [-0.05, 0) is 19.2 Å². The molecule has 7 heteroatoms. The molecule has 1 aromatic carbocycles. The molecular formula is C12H15F2N3OS. The second-order valence-corrected chi connectivity index (χ2v) is 4.52. The lowest BCUT2D eigenvalue weighted by atomic mass is 10.2. The molecule has 0 saturated carbocycles. The van der Waals surface area contributed by atoms with Crippen molar-refractivity contribution < 1.29 is 13.6 Å². The van der Waals surface area contributed by atoms with E-state index < -0.39 is 13.0 Å². The molecule has 1 aromatic rings. The maximum atomic E-state index is 12.1. The zero-order valence-electron chi connectivity index (χ0n) is 10.4. The zero-order valence-corrected chi connectivity index (χ0v) is 11.2. The van der Waals surface area contributed by atoms with Gasteiger partial charge in [-0.15, -0.1) is 0 Å². The highest BCUT2D eigenvalue weighted by Crippen LogP contribution is 2.10. The largest absolute Gasteiger partial charge is 0.389 e. The summed E-state index contributed by atoms with van der Waals surface area (Å²) in [7, 11) is 1.46. The van der Waals surface area contributed by atoms with E-state index in [0.717, 1.165) is 0 Å². The van der Waals surface area contributed by atoms with Gasteiger partial charge in [-0.3, -0.25) is 9.69 Å². The van der Waals surface area contributed by atoms with Crippen molar-refractivity contribution in [3.8, 4) is 0 Å². The zero-order chi connectivity index (χ0) is 14.4. The van der Waals surface area contributed by atoms with Crippen LogP contribution in [0.3, 0.4) is 0 Å². The fourth-order valence-electron chi connectivity index (χ4n) is 1.50. The molecule has 0 aliphatic rings. The van der Waals surface area contributed by atoms with Crippen molar-refractivity contribution in [2.24, 2.45) is 5.73 Å². The molecule has 0 bridgehead atoms. The quantitative estimate of drug-likeness (QED) is 0.778. The number of nitrogens with one attached hydrogen (secondary N) is 1. The number of amides is 1. The predicted octanol–water partition coefficient (Wildman–Crippen LogP) is 1.46. The molecule has 0 spiro atoms. The smallest absolute Gasteiger partial charge is 0.251 e. The molecule has 104 valence electrons. The van der Waals surface area contributed by atoms with Gasteiger partial charge in [-0.1, -0.05) is 24.4 Å². The van der Waals surface area contributed by atoms with Gasteiger partial charge in [0.1, 0.15) is 4.99 Å². The van der Waals surface area contributed by atoms with Crippen LogP contribution in [0.5, 0.6) is 0 Å². The number of hydrogen-bond donors (Lipinski definition) is 2. The van der Waals surface area contributed by atoms with Crippen LogP contribution in [0.4, 0.5) is 14.5 Å². The Kier molecular flexibility index (Phi) is 5.78. The van der Waals surface area contributed by atoms with E-state index in [2.05, 4.69) is 5.32 Å². The number of rotatable bonds is 6. The molecule has 0 atom stereocenters. The van der Waals surface area contributed by atoms with Crippen molar-refractivity contribution in [2.75, 3.05) is 25.5 Å². The van der Waals surface area contributed by atoms with E-state index in [1.165, 1.54) is 11.9 Å². The molecule has 0 heterocycles. The van der Waals surface area contributed by atoms with Gasteiger partial charge < -0.3 is 11.1 Å².